The van der Waals surface area contributed by atoms with Gasteiger partial charge >= 0.3 is 0 Å². The molecule has 0 unspecified atom stereocenters. The Labute approximate surface area is 168 Å². The minimum absolute atomic E-state index is 0.0293. The van der Waals surface area contributed by atoms with Gasteiger partial charge in [-0.05, 0) is 24.6 Å². The predicted octanol–water partition coefficient (Wildman–Crippen LogP) is 2.51. The number of amides is 1. The molecule has 2 aromatic heterocycles. The van der Waals surface area contributed by atoms with Crippen LogP contribution >= 0.6 is 0 Å². The summed E-state index contributed by atoms with van der Waals surface area (Å²) in [5, 5.41) is 19.7. The fraction of sp³-hybridized carbons (Fsp3) is 0.238. The molecular weight excluding hydrogens is 366 g/mol. The molecule has 1 amide bonds. The van der Waals surface area contributed by atoms with Gasteiger partial charge in [0, 0.05) is 31.4 Å². The standard InChI is InChI=1S/C21H21N7O/c1-14-21-18(27(2)13-20(29)26-21)7-19(25-14)23-9-17-10-24-28(12-17)11-16-5-3-4-15(6-16)8-22/h3-7,10,12H,9,11,13H2,1-2H3,(H,23,25)(H,26,29). The lowest BCUT2D eigenvalue weighted by Gasteiger charge is -2.28. The topological polar surface area (TPSA) is 98.9 Å². The number of pyridine rings is 1. The van der Waals surface area contributed by atoms with Crippen LogP contribution in [0.2, 0.25) is 0 Å². The van der Waals surface area contributed by atoms with E-state index in [0.717, 1.165) is 34.0 Å². The lowest BCUT2D eigenvalue weighted by Crippen LogP contribution is -2.36. The summed E-state index contributed by atoms with van der Waals surface area (Å²) < 4.78 is 1.85. The van der Waals surface area contributed by atoms with E-state index in [9.17, 15) is 4.79 Å². The van der Waals surface area contributed by atoms with Gasteiger partial charge in [-0.2, -0.15) is 10.4 Å². The second kappa shape index (κ2) is 7.64. The molecule has 1 aliphatic heterocycles. The fourth-order valence-corrected chi connectivity index (χ4v) is 3.38. The van der Waals surface area contributed by atoms with Crippen LogP contribution in [0, 0.1) is 18.3 Å². The van der Waals surface area contributed by atoms with Gasteiger partial charge in [-0.15, -0.1) is 0 Å². The van der Waals surface area contributed by atoms with E-state index in [2.05, 4.69) is 26.8 Å². The Hall–Kier alpha value is -3.86. The third-order valence-corrected chi connectivity index (χ3v) is 4.80. The van der Waals surface area contributed by atoms with Crippen molar-refractivity contribution in [3.63, 3.8) is 0 Å². The molecule has 4 rings (SSSR count). The zero-order valence-corrected chi connectivity index (χ0v) is 16.3. The zero-order valence-electron chi connectivity index (χ0n) is 16.3. The van der Waals surface area contributed by atoms with Crippen molar-refractivity contribution in [2.75, 3.05) is 29.1 Å². The molecule has 0 atom stereocenters. The maximum Gasteiger partial charge on any atom is 0.243 e. The molecule has 29 heavy (non-hydrogen) atoms. The van der Waals surface area contributed by atoms with Crippen molar-refractivity contribution < 1.29 is 4.79 Å². The summed E-state index contributed by atoms with van der Waals surface area (Å²) in [6, 6.07) is 11.6. The molecule has 3 aromatic rings. The predicted molar refractivity (Wildman–Crippen MR) is 111 cm³/mol. The molecular formula is C21H21N7O. The summed E-state index contributed by atoms with van der Waals surface area (Å²) in [5.41, 5.74) is 5.20. The van der Waals surface area contributed by atoms with Gasteiger partial charge in [0.2, 0.25) is 5.91 Å². The number of nitrogens with one attached hydrogen (secondary N) is 2. The van der Waals surface area contributed by atoms with Crippen LogP contribution < -0.4 is 15.5 Å². The number of aryl methyl sites for hydroxylation is 1. The number of carbonyl (C=O) groups excluding carboxylic acids is 1. The molecule has 1 aromatic carbocycles. The third kappa shape index (κ3) is 4.04. The van der Waals surface area contributed by atoms with Crippen LogP contribution in [0.3, 0.4) is 0 Å². The van der Waals surface area contributed by atoms with Crippen LogP contribution in [0.4, 0.5) is 17.2 Å². The zero-order chi connectivity index (χ0) is 20.4. The molecule has 3 heterocycles. The molecule has 8 heteroatoms. The van der Waals surface area contributed by atoms with Crippen LogP contribution in [-0.2, 0) is 17.9 Å². The number of carbonyl (C=O) groups is 1. The molecule has 0 saturated carbocycles. The van der Waals surface area contributed by atoms with Crippen LogP contribution in [-0.4, -0.2) is 34.3 Å². The molecule has 0 spiro atoms. The minimum atomic E-state index is -0.0293. The molecule has 0 aliphatic carbocycles. The Bertz CT molecular complexity index is 1110. The SMILES string of the molecule is Cc1nc(NCc2cnn(Cc3cccc(C#N)c3)c2)cc2c1NC(=O)CN2C. The van der Waals surface area contributed by atoms with Gasteiger partial charge in [0.1, 0.15) is 5.82 Å². The summed E-state index contributed by atoms with van der Waals surface area (Å²) in [6.45, 7) is 3.41. The first-order valence-corrected chi connectivity index (χ1v) is 9.28. The molecule has 0 bridgehead atoms. The number of rotatable bonds is 5. The second-order valence-electron chi connectivity index (χ2n) is 7.10. The van der Waals surface area contributed by atoms with E-state index in [-0.39, 0.29) is 5.91 Å². The summed E-state index contributed by atoms with van der Waals surface area (Å²) in [4.78, 5) is 18.2. The lowest BCUT2D eigenvalue weighted by atomic mass is 10.1. The van der Waals surface area contributed by atoms with Crippen LogP contribution in [0.5, 0.6) is 0 Å². The van der Waals surface area contributed by atoms with Crippen molar-refractivity contribution in [2.24, 2.45) is 0 Å². The van der Waals surface area contributed by atoms with Gasteiger partial charge in [0.15, 0.2) is 0 Å². The number of anilines is 3. The van der Waals surface area contributed by atoms with Crippen molar-refractivity contribution in [3.05, 3.63) is 65.1 Å². The van der Waals surface area contributed by atoms with E-state index in [0.29, 0.717) is 25.2 Å². The van der Waals surface area contributed by atoms with E-state index in [1.54, 1.807) is 6.07 Å². The Morgan fingerprint density at radius 3 is 3.00 bits per heavy atom. The molecule has 0 saturated heterocycles. The van der Waals surface area contributed by atoms with E-state index in [1.807, 2.05) is 60.2 Å². The van der Waals surface area contributed by atoms with Gasteiger partial charge in [0.05, 0.1) is 48.0 Å². The first-order chi connectivity index (χ1) is 14.0. The number of benzene rings is 1. The van der Waals surface area contributed by atoms with Gasteiger partial charge in [-0.1, -0.05) is 12.1 Å². The monoisotopic (exact) mass is 387 g/mol. The molecule has 2 N–H and O–H groups in total. The number of hydrogen-bond donors (Lipinski definition) is 2. The number of nitrogens with zero attached hydrogens (tertiary/aromatic N) is 5. The Balaban J connectivity index is 1.44. The first-order valence-electron chi connectivity index (χ1n) is 9.28. The smallest absolute Gasteiger partial charge is 0.243 e. The van der Waals surface area contributed by atoms with Gasteiger partial charge < -0.3 is 15.5 Å². The van der Waals surface area contributed by atoms with E-state index >= 15 is 0 Å². The normalized spacial score (nSPS) is 12.9. The highest BCUT2D eigenvalue weighted by Gasteiger charge is 2.22. The van der Waals surface area contributed by atoms with E-state index in [4.69, 9.17) is 5.26 Å². The van der Waals surface area contributed by atoms with E-state index < -0.39 is 0 Å². The Kier molecular flexibility index (Phi) is 4.87. The number of hydrogen-bond acceptors (Lipinski definition) is 6. The average molecular weight is 387 g/mol. The second-order valence-corrected chi connectivity index (χ2v) is 7.10. The van der Waals surface area contributed by atoms with Crippen LogP contribution in [0.25, 0.3) is 0 Å². The fourth-order valence-electron chi connectivity index (χ4n) is 3.38. The molecule has 0 radical (unpaired) electrons. The summed E-state index contributed by atoms with van der Waals surface area (Å²) in [6.07, 6.45) is 3.79. The highest BCUT2D eigenvalue weighted by Crippen LogP contribution is 2.32. The van der Waals surface area contributed by atoms with Crippen molar-refractivity contribution in [2.45, 2.75) is 20.0 Å². The highest BCUT2D eigenvalue weighted by atomic mass is 16.2. The molecule has 8 nitrogen and oxygen atoms in total. The number of nitriles is 1. The number of aromatic nitrogens is 3. The first kappa shape index (κ1) is 18.5. The van der Waals surface area contributed by atoms with Crippen molar-refractivity contribution in [1.82, 2.24) is 14.8 Å². The summed E-state index contributed by atoms with van der Waals surface area (Å²) >= 11 is 0. The highest BCUT2D eigenvalue weighted by molar-refractivity contribution is 6.02. The Morgan fingerprint density at radius 1 is 1.31 bits per heavy atom. The third-order valence-electron chi connectivity index (χ3n) is 4.80. The van der Waals surface area contributed by atoms with Gasteiger partial charge in [0.25, 0.3) is 0 Å². The van der Waals surface area contributed by atoms with Crippen molar-refractivity contribution in [1.29, 1.82) is 5.26 Å². The van der Waals surface area contributed by atoms with Crippen LogP contribution in [0.1, 0.15) is 22.4 Å². The van der Waals surface area contributed by atoms with Crippen molar-refractivity contribution >= 4 is 23.1 Å². The van der Waals surface area contributed by atoms with Crippen molar-refractivity contribution in [3.8, 4) is 6.07 Å². The molecule has 1 aliphatic rings. The number of fused-ring (bicyclic) bond motifs is 1. The Morgan fingerprint density at radius 2 is 2.17 bits per heavy atom. The average Bonchev–Trinajstić information content (AvgIpc) is 3.14. The largest absolute Gasteiger partial charge is 0.366 e. The summed E-state index contributed by atoms with van der Waals surface area (Å²) in [7, 11) is 1.89. The minimum Gasteiger partial charge on any atom is -0.366 e. The summed E-state index contributed by atoms with van der Waals surface area (Å²) in [5.74, 6) is 0.719. The molecule has 146 valence electrons. The quantitative estimate of drug-likeness (QED) is 0.698. The molecule has 0 fully saturated rings. The van der Waals surface area contributed by atoms with Gasteiger partial charge in [-0.25, -0.2) is 4.98 Å². The maximum absolute atomic E-state index is 11.7. The lowest BCUT2D eigenvalue weighted by molar-refractivity contribution is -0.115. The van der Waals surface area contributed by atoms with E-state index in [1.165, 1.54) is 0 Å². The number of likely N-dealkylation sites (N-methyl/N-ethyl adjacent to an activating group) is 1. The van der Waals surface area contributed by atoms with Gasteiger partial charge in [-0.3, -0.25) is 9.48 Å². The maximum atomic E-state index is 11.7. The van der Waals surface area contributed by atoms with Crippen LogP contribution in [0.15, 0.2) is 42.7 Å².